The molecule has 1 aromatic heterocycles. The molecule has 0 unspecified atom stereocenters. The van der Waals surface area contributed by atoms with Gasteiger partial charge in [-0.25, -0.2) is 0 Å². The fourth-order valence-corrected chi connectivity index (χ4v) is 3.28. The Labute approximate surface area is 133 Å². The van der Waals surface area contributed by atoms with Gasteiger partial charge in [0.25, 0.3) is 0 Å². The highest BCUT2D eigenvalue weighted by Gasteiger charge is 2.31. The summed E-state index contributed by atoms with van der Waals surface area (Å²) in [6.07, 6.45) is 3.69. The number of aromatic nitrogens is 3. The maximum Gasteiger partial charge on any atom is 0.148 e. The van der Waals surface area contributed by atoms with Crippen LogP contribution in [0.5, 0.6) is 0 Å². The van der Waals surface area contributed by atoms with Crippen molar-refractivity contribution in [3.05, 3.63) is 42.0 Å². The number of hydrogen-bond donors (Lipinski definition) is 0. The Balaban J connectivity index is 1.76. The van der Waals surface area contributed by atoms with Gasteiger partial charge in [0, 0.05) is 18.7 Å². The van der Waals surface area contributed by atoms with Gasteiger partial charge in [0.2, 0.25) is 0 Å². The second-order valence-electron chi connectivity index (χ2n) is 5.46. The maximum atomic E-state index is 5.64. The molecule has 1 aliphatic rings. The standard InChI is InChI=1S/C16H20BrN3O/c1-2-21-14-8-12(9-14)10-15-18-19-16(11-17)20(15)13-6-4-3-5-7-13/h3-7,12,14H,2,8-11H2,1H3. The van der Waals surface area contributed by atoms with Gasteiger partial charge >= 0.3 is 0 Å². The third kappa shape index (κ3) is 3.19. The van der Waals surface area contributed by atoms with Crippen molar-refractivity contribution in [2.24, 2.45) is 5.92 Å². The quantitative estimate of drug-likeness (QED) is 0.749. The number of nitrogens with zero attached hydrogens (tertiary/aromatic N) is 3. The fourth-order valence-electron chi connectivity index (χ4n) is 2.92. The number of rotatable bonds is 6. The van der Waals surface area contributed by atoms with E-state index >= 15 is 0 Å². The van der Waals surface area contributed by atoms with Crippen LogP contribution in [0.1, 0.15) is 31.4 Å². The van der Waals surface area contributed by atoms with Crippen LogP contribution in [-0.4, -0.2) is 27.5 Å². The first-order chi connectivity index (χ1) is 10.3. The molecule has 1 heterocycles. The molecule has 0 bridgehead atoms. The van der Waals surface area contributed by atoms with Crippen LogP contribution >= 0.6 is 15.9 Å². The van der Waals surface area contributed by atoms with Gasteiger partial charge in [0.05, 0.1) is 11.4 Å². The van der Waals surface area contributed by atoms with Crippen molar-refractivity contribution < 1.29 is 4.74 Å². The predicted octanol–water partition coefficient (Wildman–Crippen LogP) is 3.52. The average Bonchev–Trinajstić information content (AvgIpc) is 2.89. The van der Waals surface area contributed by atoms with Crippen LogP contribution in [0, 0.1) is 5.92 Å². The second kappa shape index (κ2) is 6.71. The molecule has 21 heavy (non-hydrogen) atoms. The number of hydrogen-bond acceptors (Lipinski definition) is 3. The number of para-hydroxylation sites is 1. The van der Waals surface area contributed by atoms with E-state index in [2.05, 4.69) is 49.8 Å². The molecule has 1 fully saturated rings. The van der Waals surface area contributed by atoms with Crippen molar-refractivity contribution in [1.29, 1.82) is 0 Å². The van der Waals surface area contributed by atoms with Crippen LogP contribution in [0.4, 0.5) is 0 Å². The fraction of sp³-hybridized carbons (Fsp3) is 0.500. The maximum absolute atomic E-state index is 5.64. The Morgan fingerprint density at radius 3 is 2.57 bits per heavy atom. The lowest BCUT2D eigenvalue weighted by Crippen LogP contribution is -2.33. The minimum absolute atomic E-state index is 0.448. The van der Waals surface area contributed by atoms with E-state index in [-0.39, 0.29) is 0 Å². The summed E-state index contributed by atoms with van der Waals surface area (Å²) in [7, 11) is 0. The van der Waals surface area contributed by atoms with Crippen LogP contribution in [0.2, 0.25) is 0 Å². The van der Waals surface area contributed by atoms with Gasteiger partial charge in [-0.15, -0.1) is 10.2 Å². The molecule has 0 radical (unpaired) electrons. The van der Waals surface area contributed by atoms with Gasteiger partial charge in [0.15, 0.2) is 0 Å². The van der Waals surface area contributed by atoms with E-state index in [9.17, 15) is 0 Å². The lowest BCUT2D eigenvalue weighted by atomic mass is 9.80. The highest BCUT2D eigenvalue weighted by atomic mass is 79.9. The summed E-state index contributed by atoms with van der Waals surface area (Å²) in [5.74, 6) is 2.67. The summed E-state index contributed by atoms with van der Waals surface area (Å²) < 4.78 is 7.81. The van der Waals surface area contributed by atoms with E-state index in [1.54, 1.807) is 0 Å². The van der Waals surface area contributed by atoms with Crippen LogP contribution in [0.3, 0.4) is 0 Å². The zero-order chi connectivity index (χ0) is 14.7. The summed E-state index contributed by atoms with van der Waals surface area (Å²) in [4.78, 5) is 0. The minimum Gasteiger partial charge on any atom is -0.378 e. The Kier molecular flexibility index (Phi) is 4.70. The van der Waals surface area contributed by atoms with Crippen molar-refractivity contribution in [2.45, 2.75) is 37.6 Å². The summed E-state index contributed by atoms with van der Waals surface area (Å²) in [5, 5.41) is 9.42. The van der Waals surface area contributed by atoms with Crippen molar-refractivity contribution in [1.82, 2.24) is 14.8 Å². The van der Waals surface area contributed by atoms with Gasteiger partial charge in [-0.05, 0) is 37.8 Å². The third-order valence-electron chi connectivity index (χ3n) is 4.00. The Hall–Kier alpha value is -1.20. The number of benzene rings is 1. The molecule has 5 heteroatoms. The van der Waals surface area contributed by atoms with Crippen molar-refractivity contribution in [2.75, 3.05) is 6.61 Å². The second-order valence-corrected chi connectivity index (χ2v) is 6.02. The molecule has 4 nitrogen and oxygen atoms in total. The summed E-state index contributed by atoms with van der Waals surface area (Å²) in [6.45, 7) is 2.87. The van der Waals surface area contributed by atoms with Gasteiger partial charge in [0.1, 0.15) is 11.6 Å². The van der Waals surface area contributed by atoms with Crippen LogP contribution in [-0.2, 0) is 16.5 Å². The van der Waals surface area contributed by atoms with E-state index in [0.717, 1.165) is 43.2 Å². The zero-order valence-corrected chi connectivity index (χ0v) is 13.8. The molecule has 2 aromatic rings. The smallest absolute Gasteiger partial charge is 0.148 e. The molecule has 112 valence electrons. The van der Waals surface area contributed by atoms with Crippen LogP contribution in [0.25, 0.3) is 5.69 Å². The highest BCUT2D eigenvalue weighted by Crippen LogP contribution is 2.33. The molecule has 0 atom stereocenters. The molecule has 3 rings (SSSR count). The number of alkyl halides is 1. The Morgan fingerprint density at radius 2 is 1.90 bits per heavy atom. The minimum atomic E-state index is 0.448. The first kappa shape index (κ1) is 14.7. The molecule has 0 aliphatic heterocycles. The molecular formula is C16H20BrN3O. The van der Waals surface area contributed by atoms with Gasteiger partial charge in [-0.2, -0.15) is 0 Å². The monoisotopic (exact) mass is 349 g/mol. The zero-order valence-electron chi connectivity index (χ0n) is 12.2. The van der Waals surface area contributed by atoms with E-state index in [4.69, 9.17) is 4.74 Å². The lowest BCUT2D eigenvalue weighted by Gasteiger charge is -2.34. The van der Waals surface area contributed by atoms with E-state index < -0.39 is 0 Å². The predicted molar refractivity (Wildman–Crippen MR) is 85.8 cm³/mol. The number of ether oxygens (including phenoxy) is 1. The Bertz CT molecular complexity index is 578. The number of halogens is 1. The van der Waals surface area contributed by atoms with Crippen LogP contribution in [0.15, 0.2) is 30.3 Å². The molecular weight excluding hydrogens is 330 g/mol. The normalized spacial score (nSPS) is 21.2. The van der Waals surface area contributed by atoms with E-state index in [0.29, 0.717) is 17.4 Å². The topological polar surface area (TPSA) is 39.9 Å². The third-order valence-corrected chi connectivity index (χ3v) is 4.50. The molecule has 0 amide bonds. The van der Waals surface area contributed by atoms with Gasteiger partial charge in [-0.3, -0.25) is 4.57 Å². The van der Waals surface area contributed by atoms with Gasteiger partial charge < -0.3 is 4.74 Å². The SMILES string of the molecule is CCOC1CC(Cc2nnc(CBr)n2-c2ccccc2)C1. The van der Waals surface area contributed by atoms with Crippen molar-refractivity contribution in [3.63, 3.8) is 0 Å². The average molecular weight is 350 g/mol. The highest BCUT2D eigenvalue weighted by molar-refractivity contribution is 9.08. The van der Waals surface area contributed by atoms with Gasteiger partial charge in [-0.1, -0.05) is 34.1 Å². The first-order valence-electron chi connectivity index (χ1n) is 7.48. The summed E-state index contributed by atoms with van der Waals surface area (Å²) in [5.41, 5.74) is 1.13. The summed E-state index contributed by atoms with van der Waals surface area (Å²) in [6, 6.07) is 10.3. The molecule has 0 saturated heterocycles. The largest absolute Gasteiger partial charge is 0.378 e. The molecule has 1 aliphatic carbocycles. The molecule has 0 N–H and O–H groups in total. The van der Waals surface area contributed by atoms with E-state index in [1.807, 2.05) is 18.2 Å². The first-order valence-corrected chi connectivity index (χ1v) is 8.60. The van der Waals surface area contributed by atoms with Crippen LogP contribution < -0.4 is 0 Å². The Morgan fingerprint density at radius 1 is 1.19 bits per heavy atom. The summed E-state index contributed by atoms with van der Waals surface area (Å²) >= 11 is 3.50. The molecule has 1 aromatic carbocycles. The van der Waals surface area contributed by atoms with Crippen molar-refractivity contribution in [3.8, 4) is 5.69 Å². The van der Waals surface area contributed by atoms with Crippen molar-refractivity contribution >= 4 is 15.9 Å². The molecule has 0 spiro atoms. The molecule has 1 saturated carbocycles. The lowest BCUT2D eigenvalue weighted by molar-refractivity contribution is -0.0246. The van der Waals surface area contributed by atoms with E-state index in [1.165, 1.54) is 0 Å².